The van der Waals surface area contributed by atoms with Crippen molar-refractivity contribution in [1.29, 1.82) is 0 Å². The fraction of sp³-hybridized carbons (Fsp3) is 0.633. The second kappa shape index (κ2) is 11.0. The summed E-state index contributed by atoms with van der Waals surface area (Å²) in [5.41, 5.74) is 14.9. The quantitative estimate of drug-likeness (QED) is 0.466. The van der Waals surface area contributed by atoms with E-state index in [0.29, 0.717) is 24.3 Å². The van der Waals surface area contributed by atoms with Crippen LogP contribution in [0, 0.1) is 24.7 Å². The van der Waals surface area contributed by atoms with Gasteiger partial charge in [-0.2, -0.15) is 0 Å². The largest absolute Gasteiger partial charge is 0.330 e. The molecule has 2 aliphatic carbocycles. The molecular weight excluding hydrogens is 388 g/mol. The third-order valence-corrected chi connectivity index (χ3v) is 8.08. The van der Waals surface area contributed by atoms with Crippen molar-refractivity contribution >= 4 is 11.8 Å². The van der Waals surface area contributed by atoms with Gasteiger partial charge in [0.05, 0.1) is 5.70 Å². The van der Waals surface area contributed by atoms with Gasteiger partial charge in [0.25, 0.3) is 0 Å². The Balaban J connectivity index is 1.84. The van der Waals surface area contributed by atoms with Gasteiger partial charge >= 0.3 is 0 Å². The van der Waals surface area contributed by atoms with Gasteiger partial charge in [-0.05, 0) is 91.9 Å². The van der Waals surface area contributed by atoms with Crippen LogP contribution in [0.4, 0.5) is 0 Å². The lowest BCUT2D eigenvalue weighted by atomic mass is 9.80. The van der Waals surface area contributed by atoms with Crippen molar-refractivity contribution in [3.05, 3.63) is 52.2 Å². The van der Waals surface area contributed by atoms with Crippen LogP contribution < -0.4 is 5.73 Å². The van der Waals surface area contributed by atoms with E-state index in [4.69, 9.17) is 10.7 Å². The number of nitrogens with zero attached hydrogens (tertiary/aromatic N) is 1. The zero-order chi connectivity index (χ0) is 22.5. The molecule has 0 aromatic heterocycles. The first kappa shape index (κ1) is 23.5. The van der Waals surface area contributed by atoms with Crippen LogP contribution in [0.5, 0.6) is 0 Å². The molecule has 1 aliphatic heterocycles. The van der Waals surface area contributed by atoms with Crippen LogP contribution in [0.2, 0.25) is 0 Å². The molecule has 2 nitrogen and oxygen atoms in total. The van der Waals surface area contributed by atoms with E-state index in [-0.39, 0.29) is 0 Å². The SMILES string of the molecule is CCCCC1=C(/C2=C\CCCCC(CN)C=N2)CC(CC2CC2)C(C)c2ccc(C)cc21. The Labute approximate surface area is 196 Å². The van der Waals surface area contributed by atoms with Gasteiger partial charge in [-0.1, -0.05) is 69.4 Å². The smallest absolute Gasteiger partial charge is 0.0621 e. The topological polar surface area (TPSA) is 38.4 Å². The first-order chi connectivity index (χ1) is 15.6. The lowest BCUT2D eigenvalue weighted by Crippen LogP contribution is -2.15. The Morgan fingerprint density at radius 3 is 2.72 bits per heavy atom. The predicted molar refractivity (Wildman–Crippen MR) is 139 cm³/mol. The van der Waals surface area contributed by atoms with E-state index >= 15 is 0 Å². The summed E-state index contributed by atoms with van der Waals surface area (Å²) in [6.45, 7) is 7.77. The molecule has 0 saturated heterocycles. The normalized spacial score (nSPS) is 28.2. The zero-order valence-corrected chi connectivity index (χ0v) is 20.7. The standard InChI is InChI=1S/C30H44N2/c1-4-5-10-27-28-16-21(2)12-15-26(28)22(3)25(17-23-13-14-23)18-29(27)30-11-8-6-7-9-24(19-31)20-32-30/h11-12,15-16,20,22-25H,4-10,13-14,17-19,31H2,1-3H3/b30-11+,32-20?. The Morgan fingerprint density at radius 1 is 1.12 bits per heavy atom. The van der Waals surface area contributed by atoms with Gasteiger partial charge in [-0.15, -0.1) is 0 Å². The van der Waals surface area contributed by atoms with Crippen LogP contribution in [-0.4, -0.2) is 12.8 Å². The molecule has 3 atom stereocenters. The first-order valence-corrected chi connectivity index (χ1v) is 13.4. The minimum Gasteiger partial charge on any atom is -0.330 e. The molecule has 2 N–H and O–H groups in total. The number of hydrogen-bond donors (Lipinski definition) is 1. The Morgan fingerprint density at radius 2 is 1.97 bits per heavy atom. The van der Waals surface area contributed by atoms with E-state index in [9.17, 15) is 0 Å². The molecule has 0 spiro atoms. The van der Waals surface area contributed by atoms with Gasteiger partial charge in [0.15, 0.2) is 0 Å². The lowest BCUT2D eigenvalue weighted by Gasteiger charge is -2.24. The van der Waals surface area contributed by atoms with Gasteiger partial charge < -0.3 is 5.73 Å². The molecule has 32 heavy (non-hydrogen) atoms. The van der Waals surface area contributed by atoms with Crippen LogP contribution in [0.1, 0.15) is 107 Å². The second-order valence-corrected chi connectivity index (χ2v) is 10.7. The Hall–Kier alpha value is -1.67. The van der Waals surface area contributed by atoms with Crippen LogP contribution in [-0.2, 0) is 0 Å². The number of benzene rings is 1. The summed E-state index contributed by atoms with van der Waals surface area (Å²) in [4.78, 5) is 5.17. The van der Waals surface area contributed by atoms with Crippen LogP contribution in [0.15, 0.2) is 40.5 Å². The molecular formula is C30H44N2. The highest BCUT2D eigenvalue weighted by Crippen LogP contribution is 2.49. The minimum atomic E-state index is 0.415. The Kier molecular flexibility index (Phi) is 8.05. The second-order valence-electron chi connectivity index (χ2n) is 10.7. The van der Waals surface area contributed by atoms with E-state index < -0.39 is 0 Å². The summed E-state index contributed by atoms with van der Waals surface area (Å²) in [6.07, 6.45) is 18.5. The fourth-order valence-corrected chi connectivity index (χ4v) is 5.76. The van der Waals surface area contributed by atoms with Crippen molar-refractivity contribution in [1.82, 2.24) is 0 Å². The number of fused-ring (bicyclic) bond motifs is 1. The molecule has 1 heterocycles. The molecule has 0 bridgehead atoms. The maximum atomic E-state index is 6.08. The average molecular weight is 433 g/mol. The number of hydrogen-bond acceptors (Lipinski definition) is 2. The van der Waals surface area contributed by atoms with E-state index in [0.717, 1.165) is 12.3 Å². The highest BCUT2D eigenvalue weighted by atomic mass is 14.8. The zero-order valence-electron chi connectivity index (χ0n) is 20.7. The van der Waals surface area contributed by atoms with Gasteiger partial charge in [-0.3, -0.25) is 4.99 Å². The van der Waals surface area contributed by atoms with Crippen molar-refractivity contribution in [3.63, 3.8) is 0 Å². The summed E-state index contributed by atoms with van der Waals surface area (Å²) in [5, 5.41) is 0. The monoisotopic (exact) mass is 432 g/mol. The number of allylic oxidation sites excluding steroid dienone is 3. The molecule has 1 fully saturated rings. The minimum absolute atomic E-state index is 0.415. The highest BCUT2D eigenvalue weighted by Gasteiger charge is 2.34. The third-order valence-electron chi connectivity index (χ3n) is 8.08. The van der Waals surface area contributed by atoms with Crippen molar-refractivity contribution in [2.24, 2.45) is 28.5 Å². The van der Waals surface area contributed by atoms with Gasteiger partial charge in [0.2, 0.25) is 0 Å². The number of aliphatic imine (C=N–C) groups is 1. The molecule has 1 aromatic carbocycles. The number of aryl methyl sites for hydroxylation is 1. The molecule has 1 aromatic rings. The van der Waals surface area contributed by atoms with E-state index in [1.54, 1.807) is 16.7 Å². The number of unbranched alkanes of at least 4 members (excludes halogenated alkanes) is 1. The average Bonchev–Trinajstić information content (AvgIpc) is 3.60. The Bertz CT molecular complexity index is 871. The third kappa shape index (κ3) is 5.63. The van der Waals surface area contributed by atoms with Gasteiger partial charge in [-0.25, -0.2) is 0 Å². The summed E-state index contributed by atoms with van der Waals surface area (Å²) < 4.78 is 0. The first-order valence-electron chi connectivity index (χ1n) is 13.4. The molecule has 4 rings (SSSR count). The van der Waals surface area contributed by atoms with Crippen molar-refractivity contribution in [2.75, 3.05) is 6.54 Å². The van der Waals surface area contributed by atoms with Crippen LogP contribution in [0.3, 0.4) is 0 Å². The molecule has 3 aliphatic rings. The van der Waals surface area contributed by atoms with E-state index in [1.165, 1.54) is 81.0 Å². The predicted octanol–water partition coefficient (Wildman–Crippen LogP) is 7.97. The molecule has 1 saturated carbocycles. The maximum Gasteiger partial charge on any atom is 0.0621 e. The van der Waals surface area contributed by atoms with Crippen molar-refractivity contribution in [2.45, 2.75) is 97.3 Å². The van der Waals surface area contributed by atoms with Crippen molar-refractivity contribution < 1.29 is 0 Å². The highest BCUT2D eigenvalue weighted by molar-refractivity contribution is 5.77. The summed E-state index contributed by atoms with van der Waals surface area (Å²) >= 11 is 0. The number of nitrogens with two attached hydrogens (primary N) is 1. The molecule has 2 heteroatoms. The summed E-state index contributed by atoms with van der Waals surface area (Å²) in [6, 6.07) is 7.24. The number of rotatable bonds is 7. The van der Waals surface area contributed by atoms with E-state index in [2.05, 4.69) is 51.3 Å². The summed E-state index contributed by atoms with van der Waals surface area (Å²) in [5.74, 6) is 2.69. The molecule has 0 radical (unpaired) electrons. The van der Waals surface area contributed by atoms with Crippen LogP contribution in [0.25, 0.3) is 5.57 Å². The molecule has 3 unspecified atom stereocenters. The summed E-state index contributed by atoms with van der Waals surface area (Å²) in [7, 11) is 0. The van der Waals surface area contributed by atoms with Gasteiger partial charge in [0.1, 0.15) is 0 Å². The maximum absolute atomic E-state index is 6.08. The molecule has 174 valence electrons. The van der Waals surface area contributed by atoms with Gasteiger partial charge in [0, 0.05) is 18.7 Å². The lowest BCUT2D eigenvalue weighted by molar-refractivity contribution is 0.393. The fourth-order valence-electron chi connectivity index (χ4n) is 5.76. The van der Waals surface area contributed by atoms with Crippen LogP contribution >= 0.6 is 0 Å². The molecule has 0 amide bonds. The van der Waals surface area contributed by atoms with E-state index in [1.807, 2.05) is 0 Å². The van der Waals surface area contributed by atoms with Crippen molar-refractivity contribution in [3.8, 4) is 0 Å².